The maximum Gasteiger partial charge on any atom is 0.320 e. The van der Waals surface area contributed by atoms with Crippen molar-refractivity contribution in [3.63, 3.8) is 0 Å². The third-order valence-electron chi connectivity index (χ3n) is 1.78. The molecule has 2 N–H and O–H groups in total. The van der Waals surface area contributed by atoms with Crippen LogP contribution in [-0.4, -0.2) is 17.6 Å². The van der Waals surface area contributed by atoms with Crippen molar-refractivity contribution in [3.05, 3.63) is 22.8 Å². The zero-order chi connectivity index (χ0) is 11.1. The van der Waals surface area contributed by atoms with Gasteiger partial charge in [-0.2, -0.15) is 0 Å². The average molecular weight is 272 g/mol. The number of urea groups is 1. The molecule has 1 heterocycles. The number of carbonyl (C=O) groups is 1. The van der Waals surface area contributed by atoms with Crippen LogP contribution in [0.1, 0.15) is 19.8 Å². The summed E-state index contributed by atoms with van der Waals surface area (Å²) in [6, 6.07) is 3.34. The quantitative estimate of drug-likeness (QED) is 0.828. The van der Waals surface area contributed by atoms with Crippen LogP contribution < -0.4 is 10.6 Å². The third kappa shape index (κ3) is 4.78. The van der Waals surface area contributed by atoms with E-state index in [-0.39, 0.29) is 6.03 Å². The fourth-order valence-corrected chi connectivity index (χ4v) is 1.35. The molecule has 0 spiro atoms. The number of amides is 2. The second-order valence-corrected chi connectivity index (χ2v) is 4.01. The van der Waals surface area contributed by atoms with E-state index in [0.717, 1.165) is 17.3 Å². The molecule has 1 aromatic rings. The lowest BCUT2D eigenvalue weighted by Crippen LogP contribution is -2.29. The molecule has 2 amide bonds. The zero-order valence-electron chi connectivity index (χ0n) is 8.59. The fourth-order valence-electron chi connectivity index (χ4n) is 1.01. The summed E-state index contributed by atoms with van der Waals surface area (Å²) in [5, 5.41) is 5.40. The normalized spacial score (nSPS) is 9.73. The summed E-state index contributed by atoms with van der Waals surface area (Å²) in [7, 11) is 0. The van der Waals surface area contributed by atoms with Crippen molar-refractivity contribution in [2.45, 2.75) is 19.8 Å². The van der Waals surface area contributed by atoms with Crippen molar-refractivity contribution in [3.8, 4) is 0 Å². The highest BCUT2D eigenvalue weighted by atomic mass is 79.9. The number of anilines is 1. The van der Waals surface area contributed by atoms with Crippen LogP contribution >= 0.6 is 15.9 Å². The lowest BCUT2D eigenvalue weighted by atomic mass is 10.3. The van der Waals surface area contributed by atoms with Crippen LogP contribution in [0.2, 0.25) is 0 Å². The minimum Gasteiger partial charge on any atom is -0.338 e. The molecule has 4 nitrogen and oxygen atoms in total. The van der Waals surface area contributed by atoms with Gasteiger partial charge in [0, 0.05) is 17.2 Å². The number of rotatable bonds is 4. The van der Waals surface area contributed by atoms with Crippen molar-refractivity contribution < 1.29 is 4.79 Å². The van der Waals surface area contributed by atoms with Gasteiger partial charge in [0.1, 0.15) is 5.82 Å². The summed E-state index contributed by atoms with van der Waals surface area (Å²) in [5.74, 6) is 0.540. The minimum absolute atomic E-state index is 0.214. The molecular weight excluding hydrogens is 258 g/mol. The molecule has 15 heavy (non-hydrogen) atoms. The van der Waals surface area contributed by atoms with Gasteiger partial charge in [0.2, 0.25) is 0 Å². The fraction of sp³-hybridized carbons (Fsp3) is 0.400. The van der Waals surface area contributed by atoms with Crippen LogP contribution in [0, 0.1) is 0 Å². The van der Waals surface area contributed by atoms with Crippen molar-refractivity contribution in [1.29, 1.82) is 0 Å². The van der Waals surface area contributed by atoms with Crippen molar-refractivity contribution in [2.24, 2.45) is 0 Å². The predicted molar refractivity (Wildman–Crippen MR) is 63.9 cm³/mol. The topological polar surface area (TPSA) is 54.0 Å². The number of carbonyl (C=O) groups excluding carboxylic acids is 1. The first kappa shape index (κ1) is 12.0. The van der Waals surface area contributed by atoms with E-state index in [0.29, 0.717) is 12.4 Å². The second-order valence-electron chi connectivity index (χ2n) is 3.09. The van der Waals surface area contributed by atoms with Crippen LogP contribution in [0.4, 0.5) is 10.6 Å². The minimum atomic E-state index is -0.214. The Hall–Kier alpha value is -1.10. The highest BCUT2D eigenvalue weighted by molar-refractivity contribution is 9.10. The summed E-state index contributed by atoms with van der Waals surface area (Å²) < 4.78 is 0.890. The van der Waals surface area contributed by atoms with Gasteiger partial charge in [-0.1, -0.05) is 29.3 Å². The molecule has 0 aromatic carbocycles. The van der Waals surface area contributed by atoms with Crippen LogP contribution in [0.5, 0.6) is 0 Å². The standard InChI is InChI=1S/C10H14BrN3O/c1-2-3-5-13-10(15)14-9-7-8(11)4-6-12-9/h4,6-7H,2-3,5H2,1H3,(H2,12,13,14,15). The summed E-state index contributed by atoms with van der Waals surface area (Å²) in [6.07, 6.45) is 3.68. The zero-order valence-corrected chi connectivity index (χ0v) is 10.2. The molecule has 0 radical (unpaired) electrons. The van der Waals surface area contributed by atoms with Gasteiger partial charge >= 0.3 is 6.03 Å². The van der Waals surface area contributed by atoms with Gasteiger partial charge in [-0.05, 0) is 18.6 Å². The van der Waals surface area contributed by atoms with E-state index in [4.69, 9.17) is 0 Å². The molecule has 0 bridgehead atoms. The van der Waals surface area contributed by atoms with E-state index in [2.05, 4.69) is 38.5 Å². The predicted octanol–water partition coefficient (Wildman–Crippen LogP) is 2.77. The van der Waals surface area contributed by atoms with Gasteiger partial charge < -0.3 is 5.32 Å². The smallest absolute Gasteiger partial charge is 0.320 e. The highest BCUT2D eigenvalue weighted by Crippen LogP contribution is 2.12. The van der Waals surface area contributed by atoms with Crippen LogP contribution in [0.15, 0.2) is 22.8 Å². The number of halogens is 1. The van der Waals surface area contributed by atoms with Crippen LogP contribution in [-0.2, 0) is 0 Å². The average Bonchev–Trinajstić information content (AvgIpc) is 2.18. The molecule has 0 saturated carbocycles. The van der Waals surface area contributed by atoms with E-state index in [1.54, 1.807) is 18.3 Å². The Morgan fingerprint density at radius 2 is 2.40 bits per heavy atom. The SMILES string of the molecule is CCCCNC(=O)Nc1cc(Br)ccn1. The molecule has 0 aliphatic heterocycles. The van der Waals surface area contributed by atoms with E-state index < -0.39 is 0 Å². The molecule has 0 aliphatic rings. The van der Waals surface area contributed by atoms with Crippen LogP contribution in [0.3, 0.4) is 0 Å². The first-order chi connectivity index (χ1) is 7.22. The van der Waals surface area contributed by atoms with Crippen LogP contribution in [0.25, 0.3) is 0 Å². The molecule has 0 unspecified atom stereocenters. The monoisotopic (exact) mass is 271 g/mol. The highest BCUT2D eigenvalue weighted by Gasteiger charge is 2.01. The van der Waals surface area contributed by atoms with E-state index in [1.165, 1.54) is 0 Å². The molecule has 5 heteroatoms. The Balaban J connectivity index is 2.37. The van der Waals surface area contributed by atoms with Gasteiger partial charge in [-0.3, -0.25) is 5.32 Å². The van der Waals surface area contributed by atoms with E-state index >= 15 is 0 Å². The van der Waals surface area contributed by atoms with Crippen molar-refractivity contribution in [2.75, 3.05) is 11.9 Å². The first-order valence-corrected chi connectivity index (χ1v) is 5.68. The molecule has 0 saturated heterocycles. The summed E-state index contributed by atoms with van der Waals surface area (Å²) >= 11 is 3.30. The molecule has 0 fully saturated rings. The Morgan fingerprint density at radius 3 is 3.07 bits per heavy atom. The number of nitrogens with zero attached hydrogens (tertiary/aromatic N) is 1. The lowest BCUT2D eigenvalue weighted by molar-refractivity contribution is 0.252. The third-order valence-corrected chi connectivity index (χ3v) is 2.27. The number of pyridine rings is 1. The first-order valence-electron chi connectivity index (χ1n) is 4.88. The lowest BCUT2D eigenvalue weighted by Gasteiger charge is -2.06. The Morgan fingerprint density at radius 1 is 1.60 bits per heavy atom. The number of hydrogen-bond acceptors (Lipinski definition) is 2. The number of nitrogens with one attached hydrogen (secondary N) is 2. The molecule has 0 aliphatic carbocycles. The maximum atomic E-state index is 11.3. The molecular formula is C10H14BrN3O. The second kappa shape index (κ2) is 6.40. The van der Waals surface area contributed by atoms with Gasteiger partial charge in [-0.25, -0.2) is 9.78 Å². The maximum absolute atomic E-state index is 11.3. The van der Waals surface area contributed by atoms with Gasteiger partial charge in [0.05, 0.1) is 0 Å². The van der Waals surface area contributed by atoms with Gasteiger partial charge in [0.15, 0.2) is 0 Å². The number of aromatic nitrogens is 1. The van der Waals surface area contributed by atoms with Gasteiger partial charge in [0.25, 0.3) is 0 Å². The summed E-state index contributed by atoms with van der Waals surface area (Å²) in [4.78, 5) is 15.3. The van der Waals surface area contributed by atoms with E-state index in [9.17, 15) is 4.79 Å². The van der Waals surface area contributed by atoms with E-state index in [1.807, 2.05) is 0 Å². The van der Waals surface area contributed by atoms with Gasteiger partial charge in [-0.15, -0.1) is 0 Å². The molecule has 1 rings (SSSR count). The molecule has 82 valence electrons. The Labute approximate surface area is 97.6 Å². The van der Waals surface area contributed by atoms with Crippen molar-refractivity contribution >= 4 is 27.8 Å². The number of hydrogen-bond donors (Lipinski definition) is 2. The Bertz CT molecular complexity index is 330. The summed E-state index contributed by atoms with van der Waals surface area (Å²) in [6.45, 7) is 2.77. The largest absolute Gasteiger partial charge is 0.338 e. The number of unbranched alkanes of at least 4 members (excludes halogenated alkanes) is 1. The summed E-state index contributed by atoms with van der Waals surface area (Å²) in [5.41, 5.74) is 0. The van der Waals surface area contributed by atoms with Crippen molar-refractivity contribution in [1.82, 2.24) is 10.3 Å². The molecule has 1 aromatic heterocycles. The molecule has 0 atom stereocenters. The Kier molecular flexibility index (Phi) is 5.10.